The van der Waals surface area contributed by atoms with Crippen molar-refractivity contribution in [1.82, 2.24) is 4.98 Å². The Morgan fingerprint density at radius 3 is 2.67 bits per heavy atom. The van der Waals surface area contributed by atoms with Crippen molar-refractivity contribution in [3.63, 3.8) is 0 Å². The zero-order valence-electron chi connectivity index (χ0n) is 9.55. The van der Waals surface area contributed by atoms with Crippen LogP contribution in [-0.4, -0.2) is 23.2 Å². The molecule has 0 saturated heterocycles. The Bertz CT molecular complexity index is 581. The zero-order chi connectivity index (χ0) is 13.1. The number of hydrogen-bond acceptors (Lipinski definition) is 3. The lowest BCUT2D eigenvalue weighted by atomic mass is 10.0. The average molecular weight is 264 g/mol. The molecule has 1 heterocycles. The second-order valence-electron chi connectivity index (χ2n) is 3.58. The molecule has 0 bridgehead atoms. The minimum Gasteiger partial charge on any atom is -0.495 e. The number of nitrogens with zero attached hydrogens (tertiary/aromatic N) is 1. The Kier molecular flexibility index (Phi) is 3.48. The van der Waals surface area contributed by atoms with Gasteiger partial charge in [-0.25, -0.2) is 4.79 Å². The molecule has 0 aliphatic rings. The smallest absolute Gasteiger partial charge is 0.336 e. The van der Waals surface area contributed by atoms with E-state index in [-0.39, 0.29) is 5.56 Å². The number of ether oxygens (including phenoxy) is 1. The first-order valence-electron chi connectivity index (χ1n) is 5.15. The van der Waals surface area contributed by atoms with Gasteiger partial charge in [0.25, 0.3) is 0 Å². The standard InChI is InChI=1S/C13H10ClNO3/c1-18-9-3-5-12(15-7-9)10-4-2-8(14)6-11(10)13(16)17/h2-7H,1H3,(H,16,17). The van der Waals surface area contributed by atoms with E-state index in [0.29, 0.717) is 22.0 Å². The Balaban J connectivity index is 2.52. The molecule has 2 rings (SSSR count). The molecule has 5 heteroatoms. The fourth-order valence-corrected chi connectivity index (χ4v) is 1.75. The topological polar surface area (TPSA) is 59.4 Å². The number of carboxylic acids is 1. The lowest BCUT2D eigenvalue weighted by Crippen LogP contribution is -2.00. The van der Waals surface area contributed by atoms with Crippen LogP contribution in [-0.2, 0) is 0 Å². The number of carbonyl (C=O) groups is 1. The second-order valence-corrected chi connectivity index (χ2v) is 4.01. The van der Waals surface area contributed by atoms with Crippen molar-refractivity contribution < 1.29 is 14.6 Å². The highest BCUT2D eigenvalue weighted by Gasteiger charge is 2.13. The number of aromatic nitrogens is 1. The zero-order valence-corrected chi connectivity index (χ0v) is 10.3. The van der Waals surface area contributed by atoms with Gasteiger partial charge in [0.2, 0.25) is 0 Å². The van der Waals surface area contributed by atoms with Crippen LogP contribution in [0.3, 0.4) is 0 Å². The van der Waals surface area contributed by atoms with Gasteiger partial charge < -0.3 is 9.84 Å². The van der Waals surface area contributed by atoms with Crippen LogP contribution in [0.25, 0.3) is 11.3 Å². The van der Waals surface area contributed by atoms with E-state index in [9.17, 15) is 4.79 Å². The van der Waals surface area contributed by atoms with Gasteiger partial charge >= 0.3 is 5.97 Å². The second kappa shape index (κ2) is 5.06. The molecule has 0 aliphatic carbocycles. The van der Waals surface area contributed by atoms with Gasteiger partial charge in [-0.3, -0.25) is 4.98 Å². The van der Waals surface area contributed by atoms with E-state index in [2.05, 4.69) is 4.98 Å². The summed E-state index contributed by atoms with van der Waals surface area (Å²) >= 11 is 5.79. The minimum atomic E-state index is -1.04. The summed E-state index contributed by atoms with van der Waals surface area (Å²) in [6.45, 7) is 0. The van der Waals surface area contributed by atoms with Crippen LogP contribution in [0.4, 0.5) is 0 Å². The molecule has 92 valence electrons. The summed E-state index contributed by atoms with van der Waals surface area (Å²) in [6.07, 6.45) is 1.54. The molecule has 0 aliphatic heterocycles. The first-order chi connectivity index (χ1) is 8.61. The molecule has 1 aromatic carbocycles. The fraction of sp³-hybridized carbons (Fsp3) is 0.0769. The van der Waals surface area contributed by atoms with E-state index in [0.717, 1.165) is 0 Å². The van der Waals surface area contributed by atoms with Crippen LogP contribution in [0, 0.1) is 0 Å². The Morgan fingerprint density at radius 1 is 1.33 bits per heavy atom. The van der Waals surface area contributed by atoms with Gasteiger partial charge in [-0.2, -0.15) is 0 Å². The number of benzene rings is 1. The summed E-state index contributed by atoms with van der Waals surface area (Å²) in [7, 11) is 1.54. The molecule has 0 spiro atoms. The molecule has 1 N–H and O–H groups in total. The van der Waals surface area contributed by atoms with E-state index in [1.807, 2.05) is 0 Å². The van der Waals surface area contributed by atoms with Crippen LogP contribution in [0.2, 0.25) is 5.02 Å². The molecular weight excluding hydrogens is 254 g/mol. The van der Waals surface area contributed by atoms with Crippen molar-refractivity contribution in [2.45, 2.75) is 0 Å². The lowest BCUT2D eigenvalue weighted by molar-refractivity contribution is 0.0697. The maximum absolute atomic E-state index is 11.2. The van der Waals surface area contributed by atoms with E-state index >= 15 is 0 Å². The first-order valence-corrected chi connectivity index (χ1v) is 5.53. The van der Waals surface area contributed by atoms with E-state index in [1.165, 1.54) is 12.3 Å². The van der Waals surface area contributed by atoms with Gasteiger partial charge in [0.05, 0.1) is 24.6 Å². The van der Waals surface area contributed by atoms with Crippen molar-refractivity contribution in [1.29, 1.82) is 0 Å². The normalized spacial score (nSPS) is 10.1. The first kappa shape index (κ1) is 12.4. The summed E-state index contributed by atoms with van der Waals surface area (Å²) in [5, 5.41) is 9.52. The van der Waals surface area contributed by atoms with Gasteiger partial charge in [0.15, 0.2) is 0 Å². The minimum absolute atomic E-state index is 0.125. The molecule has 4 nitrogen and oxygen atoms in total. The molecule has 2 aromatic rings. The van der Waals surface area contributed by atoms with E-state index < -0.39 is 5.97 Å². The molecule has 0 fully saturated rings. The van der Waals surface area contributed by atoms with Gasteiger partial charge in [-0.1, -0.05) is 17.7 Å². The number of methoxy groups -OCH3 is 1. The number of hydrogen-bond donors (Lipinski definition) is 1. The van der Waals surface area contributed by atoms with Crippen LogP contribution < -0.4 is 4.74 Å². The third-order valence-corrected chi connectivity index (χ3v) is 2.70. The molecule has 0 amide bonds. The number of halogens is 1. The van der Waals surface area contributed by atoms with Gasteiger partial charge in [0.1, 0.15) is 5.75 Å². The Morgan fingerprint density at radius 2 is 2.11 bits per heavy atom. The van der Waals surface area contributed by atoms with Crippen LogP contribution >= 0.6 is 11.6 Å². The van der Waals surface area contributed by atoms with Crippen LogP contribution in [0.15, 0.2) is 36.5 Å². The number of carboxylic acid groups (broad SMARTS) is 1. The van der Waals surface area contributed by atoms with Crippen molar-refractivity contribution in [2.24, 2.45) is 0 Å². The van der Waals surface area contributed by atoms with Gasteiger partial charge in [-0.05, 0) is 24.3 Å². The molecule has 18 heavy (non-hydrogen) atoms. The van der Waals surface area contributed by atoms with Crippen molar-refractivity contribution in [2.75, 3.05) is 7.11 Å². The number of aromatic carboxylic acids is 1. The highest BCUT2D eigenvalue weighted by atomic mass is 35.5. The Hall–Kier alpha value is -2.07. The highest BCUT2D eigenvalue weighted by molar-refractivity contribution is 6.31. The third-order valence-electron chi connectivity index (χ3n) is 2.46. The summed E-state index contributed by atoms with van der Waals surface area (Å²) in [4.78, 5) is 15.3. The molecular formula is C13H10ClNO3. The monoisotopic (exact) mass is 263 g/mol. The summed E-state index contributed by atoms with van der Waals surface area (Å²) < 4.78 is 5.00. The number of pyridine rings is 1. The maximum Gasteiger partial charge on any atom is 0.336 e. The van der Waals surface area contributed by atoms with E-state index in [4.69, 9.17) is 21.4 Å². The number of rotatable bonds is 3. The van der Waals surface area contributed by atoms with Crippen molar-refractivity contribution in [3.05, 3.63) is 47.1 Å². The van der Waals surface area contributed by atoms with Crippen molar-refractivity contribution >= 4 is 17.6 Å². The van der Waals surface area contributed by atoms with Crippen LogP contribution in [0.1, 0.15) is 10.4 Å². The van der Waals surface area contributed by atoms with Gasteiger partial charge in [-0.15, -0.1) is 0 Å². The third kappa shape index (κ3) is 2.43. The largest absolute Gasteiger partial charge is 0.495 e. The fourth-order valence-electron chi connectivity index (χ4n) is 1.58. The van der Waals surface area contributed by atoms with E-state index in [1.54, 1.807) is 31.4 Å². The summed E-state index contributed by atoms with van der Waals surface area (Å²) in [5.74, 6) is -0.422. The van der Waals surface area contributed by atoms with Gasteiger partial charge in [0, 0.05) is 10.6 Å². The predicted molar refractivity (Wildman–Crippen MR) is 68.2 cm³/mol. The predicted octanol–water partition coefficient (Wildman–Crippen LogP) is 3.11. The average Bonchev–Trinajstić information content (AvgIpc) is 2.39. The van der Waals surface area contributed by atoms with Crippen molar-refractivity contribution in [3.8, 4) is 17.0 Å². The molecule has 0 radical (unpaired) electrons. The molecule has 0 saturated carbocycles. The highest BCUT2D eigenvalue weighted by Crippen LogP contribution is 2.26. The molecule has 0 unspecified atom stereocenters. The summed E-state index contributed by atoms with van der Waals surface area (Å²) in [6, 6.07) is 8.11. The maximum atomic E-state index is 11.2. The molecule has 1 aromatic heterocycles. The molecule has 0 atom stereocenters. The quantitative estimate of drug-likeness (QED) is 0.924. The van der Waals surface area contributed by atoms with Crippen LogP contribution in [0.5, 0.6) is 5.75 Å². The SMILES string of the molecule is COc1ccc(-c2ccc(Cl)cc2C(=O)O)nc1. The Labute approximate surface area is 109 Å². The lowest BCUT2D eigenvalue weighted by Gasteiger charge is -2.06. The summed E-state index contributed by atoms with van der Waals surface area (Å²) in [5.41, 5.74) is 1.21.